The van der Waals surface area contributed by atoms with Gasteiger partial charge in [-0.15, -0.1) is 0 Å². The second kappa shape index (κ2) is 8.55. The molecule has 0 aromatic carbocycles. The standard InChI is InChI=1S/C21H23N5OS/c1-2-5-15-9-10-16(27-15)14-26-11-4-7-19(26)18-6-3-8-20(24-18)25-21-23-13-17(12-22)28-21/h3,6,8-10,13,19H,2,4-5,7,11,14H2,1H3,(H,23,24,25). The smallest absolute Gasteiger partial charge is 0.189 e. The van der Waals surface area contributed by atoms with Crippen LogP contribution in [0, 0.1) is 11.3 Å². The third-order valence-electron chi connectivity index (χ3n) is 4.90. The molecule has 1 atom stereocenters. The number of nitriles is 1. The van der Waals surface area contributed by atoms with Crippen molar-refractivity contribution >= 4 is 22.3 Å². The summed E-state index contributed by atoms with van der Waals surface area (Å²) in [5.74, 6) is 2.85. The van der Waals surface area contributed by atoms with Crippen LogP contribution in [0.15, 0.2) is 40.9 Å². The molecule has 7 heteroatoms. The molecule has 0 spiro atoms. The minimum Gasteiger partial charge on any atom is -0.465 e. The first kappa shape index (κ1) is 18.7. The van der Waals surface area contributed by atoms with Crippen LogP contribution < -0.4 is 5.32 Å². The molecular formula is C21H23N5OS. The van der Waals surface area contributed by atoms with Gasteiger partial charge in [0.1, 0.15) is 28.3 Å². The number of furan rings is 1. The topological polar surface area (TPSA) is 78.0 Å². The molecular weight excluding hydrogens is 370 g/mol. The van der Waals surface area contributed by atoms with Gasteiger partial charge in [0.25, 0.3) is 0 Å². The van der Waals surface area contributed by atoms with Gasteiger partial charge in [0.05, 0.1) is 24.5 Å². The number of thiazole rings is 1. The molecule has 0 amide bonds. The lowest BCUT2D eigenvalue weighted by Gasteiger charge is -2.23. The number of hydrogen-bond donors (Lipinski definition) is 1. The minimum atomic E-state index is 0.285. The van der Waals surface area contributed by atoms with Gasteiger partial charge in [-0.25, -0.2) is 9.97 Å². The molecule has 28 heavy (non-hydrogen) atoms. The summed E-state index contributed by atoms with van der Waals surface area (Å²) in [5, 5.41) is 12.8. The maximum atomic E-state index is 8.95. The zero-order valence-corrected chi connectivity index (χ0v) is 16.7. The zero-order chi connectivity index (χ0) is 19.3. The van der Waals surface area contributed by atoms with Gasteiger partial charge in [-0.3, -0.25) is 4.90 Å². The van der Waals surface area contributed by atoms with Crippen LogP contribution in [0.3, 0.4) is 0 Å². The Hall–Kier alpha value is -2.69. The fourth-order valence-corrected chi connectivity index (χ4v) is 4.26. The molecule has 3 aromatic heterocycles. The van der Waals surface area contributed by atoms with E-state index in [-0.39, 0.29) is 6.04 Å². The van der Waals surface area contributed by atoms with Gasteiger partial charge in [0.2, 0.25) is 0 Å². The van der Waals surface area contributed by atoms with Crippen molar-refractivity contribution in [2.45, 2.75) is 45.2 Å². The zero-order valence-electron chi connectivity index (χ0n) is 15.9. The molecule has 1 unspecified atom stereocenters. The Morgan fingerprint density at radius 2 is 2.21 bits per heavy atom. The largest absolute Gasteiger partial charge is 0.465 e. The van der Waals surface area contributed by atoms with Crippen molar-refractivity contribution in [2.75, 3.05) is 11.9 Å². The van der Waals surface area contributed by atoms with E-state index in [1.807, 2.05) is 12.1 Å². The summed E-state index contributed by atoms with van der Waals surface area (Å²) < 4.78 is 5.98. The number of pyridine rings is 1. The number of likely N-dealkylation sites (tertiary alicyclic amines) is 1. The van der Waals surface area contributed by atoms with E-state index in [1.54, 1.807) is 6.20 Å². The lowest BCUT2D eigenvalue weighted by Crippen LogP contribution is -2.23. The van der Waals surface area contributed by atoms with E-state index >= 15 is 0 Å². The second-order valence-corrected chi connectivity index (χ2v) is 7.99. The summed E-state index contributed by atoms with van der Waals surface area (Å²) in [6.45, 7) is 4.02. The normalized spacial score (nSPS) is 16.9. The van der Waals surface area contributed by atoms with Crippen molar-refractivity contribution in [3.8, 4) is 6.07 Å². The Morgan fingerprint density at radius 3 is 3.04 bits per heavy atom. The molecule has 3 aromatic rings. The van der Waals surface area contributed by atoms with E-state index in [2.05, 4.69) is 46.4 Å². The van der Waals surface area contributed by atoms with Gasteiger partial charge >= 0.3 is 0 Å². The first-order valence-electron chi connectivity index (χ1n) is 9.66. The van der Waals surface area contributed by atoms with Crippen molar-refractivity contribution in [1.29, 1.82) is 5.26 Å². The van der Waals surface area contributed by atoms with Crippen LogP contribution in [0.25, 0.3) is 0 Å². The summed E-state index contributed by atoms with van der Waals surface area (Å²) in [7, 11) is 0. The van der Waals surface area contributed by atoms with Gasteiger partial charge in [-0.2, -0.15) is 5.26 Å². The Labute approximate surface area is 168 Å². The van der Waals surface area contributed by atoms with Gasteiger partial charge in [0, 0.05) is 6.42 Å². The van der Waals surface area contributed by atoms with E-state index in [9.17, 15) is 0 Å². The number of aryl methyl sites for hydroxylation is 1. The predicted molar refractivity (Wildman–Crippen MR) is 109 cm³/mol. The maximum Gasteiger partial charge on any atom is 0.189 e. The van der Waals surface area contributed by atoms with Gasteiger partial charge in [-0.1, -0.05) is 24.3 Å². The van der Waals surface area contributed by atoms with Crippen LogP contribution in [0.2, 0.25) is 0 Å². The lowest BCUT2D eigenvalue weighted by molar-refractivity contribution is 0.222. The lowest BCUT2D eigenvalue weighted by atomic mass is 10.1. The molecule has 144 valence electrons. The fourth-order valence-electron chi connectivity index (χ4n) is 3.64. The molecule has 1 aliphatic heterocycles. The van der Waals surface area contributed by atoms with Crippen molar-refractivity contribution in [3.05, 3.63) is 58.6 Å². The minimum absolute atomic E-state index is 0.285. The Bertz CT molecular complexity index is 973. The maximum absolute atomic E-state index is 8.95. The second-order valence-electron chi connectivity index (χ2n) is 6.96. The number of aromatic nitrogens is 2. The number of anilines is 2. The molecule has 0 saturated carbocycles. The average Bonchev–Trinajstić information content (AvgIpc) is 3.44. The van der Waals surface area contributed by atoms with Crippen molar-refractivity contribution in [1.82, 2.24) is 14.9 Å². The molecule has 0 aliphatic carbocycles. The first-order chi connectivity index (χ1) is 13.7. The van der Waals surface area contributed by atoms with Crippen LogP contribution in [0.1, 0.15) is 54.3 Å². The molecule has 6 nitrogen and oxygen atoms in total. The molecule has 4 rings (SSSR count). The average molecular weight is 394 g/mol. The van der Waals surface area contributed by atoms with E-state index in [4.69, 9.17) is 14.7 Å². The van der Waals surface area contributed by atoms with Gasteiger partial charge in [-0.05, 0) is 50.1 Å². The van der Waals surface area contributed by atoms with Crippen molar-refractivity contribution in [3.63, 3.8) is 0 Å². The quantitative estimate of drug-likeness (QED) is 0.606. The summed E-state index contributed by atoms with van der Waals surface area (Å²) >= 11 is 1.33. The molecule has 0 radical (unpaired) electrons. The van der Waals surface area contributed by atoms with E-state index in [0.29, 0.717) is 10.0 Å². The van der Waals surface area contributed by atoms with Crippen LogP contribution in [0.5, 0.6) is 0 Å². The number of hydrogen-bond acceptors (Lipinski definition) is 7. The van der Waals surface area contributed by atoms with Crippen LogP contribution >= 0.6 is 11.3 Å². The molecule has 0 bridgehead atoms. The third kappa shape index (κ3) is 4.24. The SMILES string of the molecule is CCCc1ccc(CN2CCCC2c2cccc(Nc3ncc(C#N)s3)n2)o1. The molecule has 1 aliphatic rings. The molecule has 1 N–H and O–H groups in total. The summed E-state index contributed by atoms with van der Waals surface area (Å²) in [4.78, 5) is 12.1. The van der Waals surface area contributed by atoms with Crippen molar-refractivity contribution < 1.29 is 4.42 Å². The van der Waals surface area contributed by atoms with Crippen LogP contribution in [-0.4, -0.2) is 21.4 Å². The Morgan fingerprint density at radius 1 is 1.32 bits per heavy atom. The molecule has 1 fully saturated rings. The summed E-state index contributed by atoms with van der Waals surface area (Å²) in [5.41, 5.74) is 1.06. The first-order valence-corrected chi connectivity index (χ1v) is 10.5. The molecule has 1 saturated heterocycles. The highest BCUT2D eigenvalue weighted by atomic mass is 32.1. The highest BCUT2D eigenvalue weighted by Crippen LogP contribution is 2.33. The fraction of sp³-hybridized carbons (Fsp3) is 0.381. The highest BCUT2D eigenvalue weighted by Gasteiger charge is 2.28. The monoisotopic (exact) mass is 393 g/mol. The van der Waals surface area contributed by atoms with Gasteiger partial charge in [0.15, 0.2) is 5.13 Å². The summed E-state index contributed by atoms with van der Waals surface area (Å²) in [6.07, 6.45) is 5.91. The van der Waals surface area contributed by atoms with E-state index in [1.165, 1.54) is 11.3 Å². The van der Waals surface area contributed by atoms with E-state index in [0.717, 1.165) is 61.8 Å². The predicted octanol–water partition coefficient (Wildman–Crippen LogP) is 5.04. The van der Waals surface area contributed by atoms with Gasteiger partial charge < -0.3 is 9.73 Å². The van der Waals surface area contributed by atoms with Crippen LogP contribution in [-0.2, 0) is 13.0 Å². The number of nitrogens with one attached hydrogen (secondary N) is 1. The number of nitrogens with zero attached hydrogens (tertiary/aromatic N) is 4. The number of rotatable bonds is 7. The Balaban J connectivity index is 1.46. The highest BCUT2D eigenvalue weighted by molar-refractivity contribution is 7.16. The van der Waals surface area contributed by atoms with Crippen molar-refractivity contribution in [2.24, 2.45) is 0 Å². The Kier molecular flexibility index (Phi) is 5.70. The third-order valence-corrected chi connectivity index (χ3v) is 5.72. The van der Waals surface area contributed by atoms with Crippen LogP contribution in [0.4, 0.5) is 10.9 Å². The van der Waals surface area contributed by atoms with E-state index < -0.39 is 0 Å². The summed E-state index contributed by atoms with van der Waals surface area (Å²) in [6, 6.07) is 12.6. The molecule has 4 heterocycles.